The number of hydrogen-bond donors (Lipinski definition) is 1. The predicted octanol–water partition coefficient (Wildman–Crippen LogP) is 4.16. The molecule has 0 bridgehead atoms. The van der Waals surface area contributed by atoms with Gasteiger partial charge in [0.2, 0.25) is 0 Å². The lowest BCUT2D eigenvalue weighted by Gasteiger charge is -2.23. The van der Waals surface area contributed by atoms with Gasteiger partial charge in [0.05, 0.1) is 10.0 Å². The maximum atomic E-state index is 6.16. The van der Waals surface area contributed by atoms with Crippen LogP contribution in [0.4, 0.5) is 0 Å². The van der Waals surface area contributed by atoms with Crippen LogP contribution in [0.3, 0.4) is 0 Å². The SMILES string of the molecule is CC(C)C(C)C(N)Cc1ccc(Cl)c(Cl)c1. The van der Waals surface area contributed by atoms with Gasteiger partial charge in [-0.1, -0.05) is 50.0 Å². The highest BCUT2D eigenvalue weighted by atomic mass is 35.5. The number of benzene rings is 1. The van der Waals surface area contributed by atoms with Crippen LogP contribution in [0.1, 0.15) is 26.3 Å². The van der Waals surface area contributed by atoms with Crippen LogP contribution in [0.15, 0.2) is 18.2 Å². The minimum atomic E-state index is 0.164. The van der Waals surface area contributed by atoms with Crippen molar-refractivity contribution in [3.63, 3.8) is 0 Å². The van der Waals surface area contributed by atoms with E-state index in [1.54, 1.807) is 0 Å². The van der Waals surface area contributed by atoms with E-state index >= 15 is 0 Å². The Morgan fingerprint density at radius 2 is 1.75 bits per heavy atom. The summed E-state index contributed by atoms with van der Waals surface area (Å²) in [5.74, 6) is 1.09. The van der Waals surface area contributed by atoms with Crippen LogP contribution >= 0.6 is 23.2 Å². The molecule has 1 aromatic rings. The summed E-state index contributed by atoms with van der Waals surface area (Å²) in [4.78, 5) is 0. The van der Waals surface area contributed by atoms with Crippen molar-refractivity contribution in [2.75, 3.05) is 0 Å². The first-order valence-corrected chi connectivity index (χ1v) is 6.37. The normalized spacial score (nSPS) is 15.2. The van der Waals surface area contributed by atoms with Crippen LogP contribution in [0.2, 0.25) is 10.0 Å². The highest BCUT2D eigenvalue weighted by molar-refractivity contribution is 6.42. The van der Waals surface area contributed by atoms with Gasteiger partial charge in [0.1, 0.15) is 0 Å². The summed E-state index contributed by atoms with van der Waals surface area (Å²) in [7, 11) is 0. The molecular weight excluding hydrogens is 241 g/mol. The largest absolute Gasteiger partial charge is 0.327 e. The van der Waals surface area contributed by atoms with Crippen molar-refractivity contribution >= 4 is 23.2 Å². The molecule has 0 aliphatic rings. The molecule has 16 heavy (non-hydrogen) atoms. The Morgan fingerprint density at radius 3 is 2.25 bits per heavy atom. The van der Waals surface area contributed by atoms with Gasteiger partial charge in [-0.2, -0.15) is 0 Å². The van der Waals surface area contributed by atoms with Gasteiger partial charge in [0, 0.05) is 6.04 Å². The summed E-state index contributed by atoms with van der Waals surface area (Å²) in [6, 6.07) is 5.88. The van der Waals surface area contributed by atoms with Crippen molar-refractivity contribution in [3.8, 4) is 0 Å². The molecule has 2 N–H and O–H groups in total. The first kappa shape index (κ1) is 13.8. The zero-order valence-electron chi connectivity index (χ0n) is 10.0. The van der Waals surface area contributed by atoms with Gasteiger partial charge >= 0.3 is 0 Å². The fraction of sp³-hybridized carbons (Fsp3) is 0.538. The predicted molar refractivity (Wildman–Crippen MR) is 72.1 cm³/mol. The highest BCUT2D eigenvalue weighted by Crippen LogP contribution is 2.24. The van der Waals surface area contributed by atoms with Gasteiger partial charge in [-0.05, 0) is 36.0 Å². The van der Waals surface area contributed by atoms with Gasteiger partial charge < -0.3 is 5.73 Å². The zero-order valence-corrected chi connectivity index (χ0v) is 11.5. The fourth-order valence-electron chi connectivity index (χ4n) is 1.62. The van der Waals surface area contributed by atoms with E-state index in [9.17, 15) is 0 Å². The monoisotopic (exact) mass is 259 g/mol. The Morgan fingerprint density at radius 1 is 1.12 bits per heavy atom. The molecule has 0 spiro atoms. The van der Waals surface area contributed by atoms with Gasteiger partial charge in [0.15, 0.2) is 0 Å². The van der Waals surface area contributed by atoms with Crippen molar-refractivity contribution in [3.05, 3.63) is 33.8 Å². The molecule has 0 saturated heterocycles. The van der Waals surface area contributed by atoms with Crippen LogP contribution in [0, 0.1) is 11.8 Å². The number of halogens is 2. The van der Waals surface area contributed by atoms with Crippen molar-refractivity contribution in [1.29, 1.82) is 0 Å². The van der Waals surface area contributed by atoms with E-state index in [2.05, 4.69) is 20.8 Å². The quantitative estimate of drug-likeness (QED) is 0.864. The summed E-state index contributed by atoms with van der Waals surface area (Å²) in [6.45, 7) is 6.57. The molecule has 0 fully saturated rings. The summed E-state index contributed by atoms with van der Waals surface area (Å²) >= 11 is 11.8. The molecule has 90 valence electrons. The minimum Gasteiger partial charge on any atom is -0.327 e. The van der Waals surface area contributed by atoms with Crippen molar-refractivity contribution < 1.29 is 0 Å². The van der Waals surface area contributed by atoms with Crippen molar-refractivity contribution in [2.24, 2.45) is 17.6 Å². The average Bonchev–Trinajstić information content (AvgIpc) is 2.22. The lowest BCUT2D eigenvalue weighted by Crippen LogP contribution is -2.33. The van der Waals surface area contributed by atoms with Gasteiger partial charge in [-0.25, -0.2) is 0 Å². The lowest BCUT2D eigenvalue weighted by atomic mass is 9.87. The van der Waals surface area contributed by atoms with E-state index in [0.717, 1.165) is 12.0 Å². The molecule has 0 saturated carbocycles. The summed E-state index contributed by atoms with van der Waals surface area (Å²) < 4.78 is 0. The highest BCUT2D eigenvalue weighted by Gasteiger charge is 2.16. The van der Waals surface area contributed by atoms with Crippen LogP contribution in [-0.2, 0) is 6.42 Å². The maximum absolute atomic E-state index is 6.16. The average molecular weight is 260 g/mol. The molecule has 1 aromatic carbocycles. The second-order valence-corrected chi connectivity index (χ2v) is 5.53. The third-order valence-corrected chi connectivity index (χ3v) is 3.92. The van der Waals surface area contributed by atoms with Gasteiger partial charge in [0.25, 0.3) is 0 Å². The minimum absolute atomic E-state index is 0.164. The van der Waals surface area contributed by atoms with Crippen LogP contribution < -0.4 is 5.73 Å². The molecule has 0 aromatic heterocycles. The molecule has 0 amide bonds. The topological polar surface area (TPSA) is 26.0 Å². The number of nitrogens with two attached hydrogens (primary N) is 1. The van der Waals surface area contributed by atoms with E-state index in [0.29, 0.717) is 21.9 Å². The van der Waals surface area contributed by atoms with Crippen molar-refractivity contribution in [2.45, 2.75) is 33.2 Å². The van der Waals surface area contributed by atoms with Gasteiger partial charge in [-0.3, -0.25) is 0 Å². The smallest absolute Gasteiger partial charge is 0.0595 e. The molecule has 1 nitrogen and oxygen atoms in total. The second kappa shape index (κ2) is 5.90. The molecule has 1 rings (SSSR count). The standard InChI is InChI=1S/C13H19Cl2N/c1-8(2)9(3)13(16)7-10-4-5-11(14)12(15)6-10/h4-6,8-9,13H,7,16H2,1-3H3. The Balaban J connectivity index is 2.69. The Labute approximate surface area is 108 Å². The van der Waals surface area contributed by atoms with Crippen LogP contribution in [0.5, 0.6) is 0 Å². The Kier molecular flexibility index (Phi) is 5.10. The first-order valence-electron chi connectivity index (χ1n) is 5.61. The van der Waals surface area contributed by atoms with E-state index in [1.165, 1.54) is 0 Å². The number of hydrogen-bond acceptors (Lipinski definition) is 1. The zero-order chi connectivity index (χ0) is 12.3. The lowest BCUT2D eigenvalue weighted by molar-refractivity contribution is 0.344. The van der Waals surface area contributed by atoms with Crippen molar-refractivity contribution in [1.82, 2.24) is 0 Å². The molecule has 3 heteroatoms. The fourth-order valence-corrected chi connectivity index (χ4v) is 1.94. The summed E-state index contributed by atoms with van der Waals surface area (Å²) in [5, 5.41) is 1.19. The molecular formula is C13H19Cl2N. The second-order valence-electron chi connectivity index (χ2n) is 4.72. The van der Waals surface area contributed by atoms with E-state index in [4.69, 9.17) is 28.9 Å². The third kappa shape index (κ3) is 3.65. The molecule has 0 aliphatic carbocycles. The van der Waals surface area contributed by atoms with E-state index in [-0.39, 0.29) is 6.04 Å². The van der Waals surface area contributed by atoms with E-state index in [1.807, 2.05) is 18.2 Å². The Bertz CT molecular complexity index is 350. The molecule has 2 unspecified atom stereocenters. The molecule has 0 aliphatic heterocycles. The molecule has 0 radical (unpaired) electrons. The first-order chi connectivity index (χ1) is 7.41. The third-order valence-electron chi connectivity index (χ3n) is 3.18. The Hall–Kier alpha value is -0.240. The number of rotatable bonds is 4. The molecule has 2 atom stereocenters. The van der Waals surface area contributed by atoms with Crippen LogP contribution in [0.25, 0.3) is 0 Å². The maximum Gasteiger partial charge on any atom is 0.0595 e. The summed E-state index contributed by atoms with van der Waals surface area (Å²) in [5.41, 5.74) is 7.31. The summed E-state index contributed by atoms with van der Waals surface area (Å²) in [6.07, 6.45) is 0.843. The van der Waals surface area contributed by atoms with E-state index < -0.39 is 0 Å². The van der Waals surface area contributed by atoms with Crippen LogP contribution in [-0.4, -0.2) is 6.04 Å². The van der Waals surface area contributed by atoms with Gasteiger partial charge in [-0.15, -0.1) is 0 Å². The molecule has 0 heterocycles.